The Bertz CT molecular complexity index is 1020. The standard InChI is InChI=1S/C21H15F2NO4/c22-15-7-4-13(5-8-15)14-6-9-19(23)18(10-14)21(27)24-16-2-1-3-17(11-16)28-12-20(25)26/h1-11H,12H2,(H,24,27)(H,25,26). The number of carbonyl (C=O) groups is 2. The van der Waals surface area contributed by atoms with Gasteiger partial charge in [-0.25, -0.2) is 13.6 Å². The molecule has 1 amide bonds. The molecule has 0 radical (unpaired) electrons. The van der Waals surface area contributed by atoms with E-state index in [1.165, 1.54) is 54.6 Å². The SMILES string of the molecule is O=C(O)COc1cccc(NC(=O)c2cc(-c3ccc(F)cc3)ccc2F)c1. The van der Waals surface area contributed by atoms with E-state index in [0.29, 0.717) is 16.8 Å². The highest BCUT2D eigenvalue weighted by atomic mass is 19.1. The molecule has 0 saturated heterocycles. The van der Waals surface area contributed by atoms with Gasteiger partial charge in [0.25, 0.3) is 5.91 Å². The van der Waals surface area contributed by atoms with E-state index in [0.717, 1.165) is 0 Å². The van der Waals surface area contributed by atoms with Crippen LogP contribution in [0.1, 0.15) is 10.4 Å². The topological polar surface area (TPSA) is 75.6 Å². The monoisotopic (exact) mass is 383 g/mol. The molecule has 7 heteroatoms. The Hall–Kier alpha value is -3.74. The number of halogens is 2. The first kappa shape index (κ1) is 19.0. The van der Waals surface area contributed by atoms with Crippen molar-refractivity contribution < 1.29 is 28.2 Å². The summed E-state index contributed by atoms with van der Waals surface area (Å²) in [6, 6.07) is 15.8. The van der Waals surface area contributed by atoms with Crippen molar-refractivity contribution in [3.63, 3.8) is 0 Å². The molecular formula is C21H15F2NO4. The van der Waals surface area contributed by atoms with Gasteiger partial charge in [-0.05, 0) is 47.5 Å². The van der Waals surface area contributed by atoms with Crippen LogP contribution < -0.4 is 10.1 Å². The summed E-state index contributed by atoms with van der Waals surface area (Å²) in [5.41, 5.74) is 1.34. The van der Waals surface area contributed by atoms with Crippen LogP contribution in [0.3, 0.4) is 0 Å². The molecule has 0 spiro atoms. The lowest BCUT2D eigenvalue weighted by atomic mass is 10.0. The molecule has 142 valence electrons. The van der Waals surface area contributed by atoms with Crippen molar-refractivity contribution in [3.8, 4) is 16.9 Å². The van der Waals surface area contributed by atoms with Crippen LogP contribution in [0.15, 0.2) is 66.7 Å². The summed E-state index contributed by atoms with van der Waals surface area (Å²) in [6.45, 7) is -0.522. The van der Waals surface area contributed by atoms with Gasteiger partial charge in [0, 0.05) is 11.8 Å². The molecule has 2 N–H and O–H groups in total. The summed E-state index contributed by atoms with van der Waals surface area (Å²) in [4.78, 5) is 23.1. The van der Waals surface area contributed by atoms with E-state index in [1.807, 2.05) is 0 Å². The number of amides is 1. The minimum absolute atomic E-state index is 0.182. The Balaban J connectivity index is 1.81. The fourth-order valence-corrected chi connectivity index (χ4v) is 2.53. The third kappa shape index (κ3) is 4.70. The van der Waals surface area contributed by atoms with Gasteiger partial charge in [0.1, 0.15) is 17.4 Å². The molecule has 0 aromatic heterocycles. The van der Waals surface area contributed by atoms with Gasteiger partial charge in [0.15, 0.2) is 6.61 Å². The number of hydrogen-bond acceptors (Lipinski definition) is 3. The number of anilines is 1. The summed E-state index contributed by atoms with van der Waals surface area (Å²) < 4.78 is 32.3. The third-order valence-electron chi connectivity index (χ3n) is 3.84. The van der Waals surface area contributed by atoms with Crippen LogP contribution in [0.2, 0.25) is 0 Å². The van der Waals surface area contributed by atoms with E-state index in [4.69, 9.17) is 9.84 Å². The molecule has 28 heavy (non-hydrogen) atoms. The fourth-order valence-electron chi connectivity index (χ4n) is 2.53. The van der Waals surface area contributed by atoms with E-state index < -0.39 is 30.1 Å². The van der Waals surface area contributed by atoms with Crippen LogP contribution in [-0.2, 0) is 4.79 Å². The Morgan fingerprint density at radius 1 is 0.929 bits per heavy atom. The molecule has 0 aliphatic rings. The van der Waals surface area contributed by atoms with E-state index in [-0.39, 0.29) is 11.3 Å². The Morgan fingerprint density at radius 3 is 2.36 bits per heavy atom. The molecule has 5 nitrogen and oxygen atoms in total. The molecule has 3 rings (SSSR count). The number of carboxylic acids is 1. The maximum atomic E-state index is 14.2. The predicted molar refractivity (Wildman–Crippen MR) is 99.3 cm³/mol. The molecule has 0 aliphatic heterocycles. The minimum atomic E-state index is -1.13. The highest BCUT2D eigenvalue weighted by Crippen LogP contribution is 2.24. The van der Waals surface area contributed by atoms with E-state index >= 15 is 0 Å². The van der Waals surface area contributed by atoms with Crippen LogP contribution in [0.25, 0.3) is 11.1 Å². The molecule has 0 fully saturated rings. The second kappa shape index (κ2) is 8.30. The summed E-state index contributed by atoms with van der Waals surface area (Å²) in [5, 5.41) is 11.2. The number of carboxylic acid groups (broad SMARTS) is 1. The zero-order valence-electron chi connectivity index (χ0n) is 14.5. The van der Waals surface area contributed by atoms with E-state index in [2.05, 4.69) is 5.32 Å². The van der Waals surface area contributed by atoms with E-state index in [1.54, 1.807) is 12.1 Å². The largest absolute Gasteiger partial charge is 0.482 e. The van der Waals surface area contributed by atoms with Crippen molar-refractivity contribution in [1.82, 2.24) is 0 Å². The zero-order valence-corrected chi connectivity index (χ0v) is 14.5. The van der Waals surface area contributed by atoms with Crippen molar-refractivity contribution in [2.24, 2.45) is 0 Å². The number of aliphatic carboxylic acids is 1. The maximum absolute atomic E-state index is 14.2. The molecule has 0 bridgehead atoms. The van der Waals surface area contributed by atoms with E-state index in [9.17, 15) is 18.4 Å². The van der Waals surface area contributed by atoms with Crippen LogP contribution in [0, 0.1) is 11.6 Å². The van der Waals surface area contributed by atoms with Crippen molar-refractivity contribution in [1.29, 1.82) is 0 Å². The molecule has 0 saturated carbocycles. The average molecular weight is 383 g/mol. The van der Waals surface area contributed by atoms with Crippen molar-refractivity contribution in [2.45, 2.75) is 0 Å². The quantitative estimate of drug-likeness (QED) is 0.664. The van der Waals surface area contributed by atoms with Gasteiger partial charge in [0.05, 0.1) is 5.56 Å². The van der Waals surface area contributed by atoms with Gasteiger partial charge < -0.3 is 15.2 Å². The first-order valence-electron chi connectivity index (χ1n) is 8.24. The number of carbonyl (C=O) groups excluding carboxylic acids is 1. The Labute approximate surface area is 159 Å². The van der Waals surface area contributed by atoms with Gasteiger partial charge in [-0.3, -0.25) is 4.79 Å². The van der Waals surface area contributed by atoms with Gasteiger partial charge in [-0.2, -0.15) is 0 Å². The lowest BCUT2D eigenvalue weighted by Crippen LogP contribution is -2.14. The van der Waals surface area contributed by atoms with Gasteiger partial charge in [-0.1, -0.05) is 24.3 Å². The number of benzene rings is 3. The zero-order chi connectivity index (χ0) is 20.1. The third-order valence-corrected chi connectivity index (χ3v) is 3.84. The van der Waals surface area contributed by atoms with Crippen LogP contribution >= 0.6 is 0 Å². The van der Waals surface area contributed by atoms with Gasteiger partial charge >= 0.3 is 5.97 Å². The number of nitrogens with one attached hydrogen (secondary N) is 1. The first-order valence-corrected chi connectivity index (χ1v) is 8.24. The summed E-state index contributed by atoms with van der Waals surface area (Å²) in [6.07, 6.45) is 0. The summed E-state index contributed by atoms with van der Waals surface area (Å²) in [5.74, 6) is -2.66. The van der Waals surface area contributed by atoms with Crippen LogP contribution in [0.4, 0.5) is 14.5 Å². The smallest absolute Gasteiger partial charge is 0.341 e. The lowest BCUT2D eigenvalue weighted by molar-refractivity contribution is -0.139. The molecule has 3 aromatic rings. The number of ether oxygens (including phenoxy) is 1. The fraction of sp³-hybridized carbons (Fsp3) is 0.0476. The molecular weight excluding hydrogens is 368 g/mol. The normalized spacial score (nSPS) is 10.4. The van der Waals surface area contributed by atoms with Crippen LogP contribution in [0.5, 0.6) is 5.75 Å². The predicted octanol–water partition coefficient (Wildman–Crippen LogP) is 4.35. The first-order chi connectivity index (χ1) is 13.4. The van der Waals surface area contributed by atoms with Crippen molar-refractivity contribution in [3.05, 3.63) is 83.9 Å². The molecule has 3 aromatic carbocycles. The Morgan fingerprint density at radius 2 is 1.64 bits per heavy atom. The lowest BCUT2D eigenvalue weighted by Gasteiger charge is -2.10. The number of hydrogen-bond donors (Lipinski definition) is 2. The number of rotatable bonds is 6. The average Bonchev–Trinajstić information content (AvgIpc) is 2.68. The molecule has 0 atom stereocenters. The van der Waals surface area contributed by atoms with Crippen molar-refractivity contribution >= 4 is 17.6 Å². The van der Waals surface area contributed by atoms with Crippen LogP contribution in [-0.4, -0.2) is 23.6 Å². The highest BCUT2D eigenvalue weighted by molar-refractivity contribution is 6.05. The molecule has 0 aliphatic carbocycles. The maximum Gasteiger partial charge on any atom is 0.341 e. The highest BCUT2D eigenvalue weighted by Gasteiger charge is 2.14. The van der Waals surface area contributed by atoms with Crippen molar-refractivity contribution in [2.75, 3.05) is 11.9 Å². The molecule has 0 unspecified atom stereocenters. The van der Waals surface area contributed by atoms with Gasteiger partial charge in [0.2, 0.25) is 0 Å². The van der Waals surface area contributed by atoms with Gasteiger partial charge in [-0.15, -0.1) is 0 Å². The summed E-state index contributed by atoms with van der Waals surface area (Å²) >= 11 is 0. The minimum Gasteiger partial charge on any atom is -0.482 e. The second-order valence-corrected chi connectivity index (χ2v) is 5.87. The Kier molecular flexibility index (Phi) is 5.64. The summed E-state index contributed by atoms with van der Waals surface area (Å²) in [7, 11) is 0. The molecule has 0 heterocycles. The second-order valence-electron chi connectivity index (χ2n) is 5.87.